The third kappa shape index (κ3) is 4.96. The summed E-state index contributed by atoms with van der Waals surface area (Å²) in [7, 11) is -2.32. The van der Waals surface area contributed by atoms with Crippen LogP contribution in [0.3, 0.4) is 0 Å². The zero-order chi connectivity index (χ0) is 23.4. The number of carbonyl (C=O) groups excluding carboxylic acids is 1. The third-order valence-corrected chi connectivity index (χ3v) is 7.14. The van der Waals surface area contributed by atoms with Gasteiger partial charge in [-0.05, 0) is 55.0 Å². The zero-order valence-corrected chi connectivity index (χ0v) is 19.2. The summed E-state index contributed by atoms with van der Waals surface area (Å²) >= 11 is 0. The molecule has 0 aliphatic carbocycles. The van der Waals surface area contributed by atoms with Crippen LogP contribution >= 0.6 is 0 Å². The first-order valence-corrected chi connectivity index (χ1v) is 11.8. The highest BCUT2D eigenvalue weighted by atomic mass is 32.2. The van der Waals surface area contributed by atoms with E-state index in [9.17, 15) is 13.2 Å². The molecule has 33 heavy (non-hydrogen) atoms. The molecule has 0 spiro atoms. The number of hydrogen-bond acceptors (Lipinski definition) is 4. The Hall–Kier alpha value is -3.91. The lowest BCUT2D eigenvalue weighted by Crippen LogP contribution is -2.26. The van der Waals surface area contributed by atoms with Crippen molar-refractivity contribution in [2.75, 3.05) is 16.7 Å². The number of benzene rings is 3. The topological polar surface area (TPSA) is 84.3 Å². The van der Waals surface area contributed by atoms with E-state index in [1.165, 1.54) is 23.5 Å². The molecule has 0 fully saturated rings. The maximum Gasteiger partial charge on any atom is 0.264 e. The largest absolute Gasteiger partial charge is 0.331 e. The van der Waals surface area contributed by atoms with Gasteiger partial charge in [0, 0.05) is 37.2 Å². The van der Waals surface area contributed by atoms with Gasteiger partial charge in [0.1, 0.15) is 5.82 Å². The number of nitrogens with one attached hydrogen (secondary N) is 1. The van der Waals surface area contributed by atoms with Gasteiger partial charge in [0.15, 0.2) is 0 Å². The van der Waals surface area contributed by atoms with Crippen molar-refractivity contribution in [1.82, 2.24) is 9.55 Å². The summed E-state index contributed by atoms with van der Waals surface area (Å²) in [5.74, 6) is 0.549. The fourth-order valence-corrected chi connectivity index (χ4v) is 4.64. The molecule has 0 aliphatic heterocycles. The van der Waals surface area contributed by atoms with E-state index in [4.69, 9.17) is 0 Å². The van der Waals surface area contributed by atoms with Crippen molar-refractivity contribution in [2.45, 2.75) is 18.4 Å². The summed E-state index contributed by atoms with van der Waals surface area (Å²) in [5.41, 5.74) is 2.50. The Morgan fingerprint density at radius 1 is 1.00 bits per heavy atom. The zero-order valence-electron chi connectivity index (χ0n) is 18.3. The molecule has 0 bridgehead atoms. The smallest absolute Gasteiger partial charge is 0.264 e. The lowest BCUT2D eigenvalue weighted by Gasteiger charge is -2.19. The van der Waals surface area contributed by atoms with Crippen LogP contribution in [0.4, 0.5) is 11.4 Å². The summed E-state index contributed by atoms with van der Waals surface area (Å²) in [6.07, 6.45) is 3.68. The molecule has 0 saturated carbocycles. The lowest BCUT2D eigenvalue weighted by molar-refractivity contribution is 0.102. The molecule has 0 atom stereocenters. The van der Waals surface area contributed by atoms with Crippen LogP contribution in [0, 0.1) is 6.92 Å². The average Bonchev–Trinajstić information content (AvgIpc) is 3.24. The number of hydrogen-bond donors (Lipinski definition) is 1. The second-order valence-corrected chi connectivity index (χ2v) is 9.56. The van der Waals surface area contributed by atoms with Gasteiger partial charge in [0.25, 0.3) is 15.9 Å². The summed E-state index contributed by atoms with van der Waals surface area (Å²) in [5, 5.41) is 2.83. The van der Waals surface area contributed by atoms with E-state index in [0.29, 0.717) is 17.9 Å². The number of nitrogens with zero attached hydrogens (tertiary/aromatic N) is 3. The van der Waals surface area contributed by atoms with E-state index in [2.05, 4.69) is 10.3 Å². The second-order valence-electron chi connectivity index (χ2n) is 7.59. The highest BCUT2D eigenvalue weighted by Gasteiger charge is 2.22. The van der Waals surface area contributed by atoms with E-state index < -0.39 is 10.0 Å². The van der Waals surface area contributed by atoms with Gasteiger partial charge < -0.3 is 9.88 Å². The number of aryl methyl sites for hydroxylation is 1. The molecule has 0 saturated heterocycles. The molecule has 7 nitrogen and oxygen atoms in total. The normalized spacial score (nSPS) is 11.2. The van der Waals surface area contributed by atoms with Gasteiger partial charge in [-0.25, -0.2) is 13.4 Å². The molecular weight excluding hydrogens is 436 g/mol. The number of rotatable bonds is 7. The Morgan fingerprint density at radius 3 is 2.39 bits per heavy atom. The quantitative estimate of drug-likeness (QED) is 0.445. The van der Waals surface area contributed by atoms with E-state index in [0.717, 1.165) is 11.4 Å². The van der Waals surface area contributed by atoms with E-state index >= 15 is 0 Å². The van der Waals surface area contributed by atoms with Crippen molar-refractivity contribution in [3.63, 3.8) is 0 Å². The highest BCUT2D eigenvalue weighted by Crippen LogP contribution is 2.23. The minimum Gasteiger partial charge on any atom is -0.331 e. The Balaban J connectivity index is 1.48. The van der Waals surface area contributed by atoms with Crippen molar-refractivity contribution in [3.05, 3.63) is 108 Å². The maximum absolute atomic E-state index is 13.0. The van der Waals surface area contributed by atoms with Crippen LogP contribution in [0.25, 0.3) is 0 Å². The Morgan fingerprint density at radius 2 is 1.73 bits per heavy atom. The Bertz CT molecular complexity index is 1360. The van der Waals surface area contributed by atoms with Crippen LogP contribution in [-0.4, -0.2) is 30.9 Å². The summed E-state index contributed by atoms with van der Waals surface area (Å²) < 4.78 is 29.3. The van der Waals surface area contributed by atoms with Crippen LogP contribution in [0.1, 0.15) is 21.7 Å². The van der Waals surface area contributed by atoms with Crippen molar-refractivity contribution >= 4 is 27.3 Å². The predicted molar refractivity (Wildman–Crippen MR) is 129 cm³/mol. The first-order valence-electron chi connectivity index (χ1n) is 10.4. The molecule has 1 heterocycles. The van der Waals surface area contributed by atoms with Crippen molar-refractivity contribution in [1.29, 1.82) is 0 Å². The average molecular weight is 461 g/mol. The van der Waals surface area contributed by atoms with Gasteiger partial charge in [-0.3, -0.25) is 9.10 Å². The van der Waals surface area contributed by atoms with Crippen molar-refractivity contribution in [2.24, 2.45) is 0 Å². The fourth-order valence-electron chi connectivity index (χ4n) is 3.40. The van der Waals surface area contributed by atoms with Gasteiger partial charge >= 0.3 is 0 Å². The number of para-hydroxylation sites is 1. The van der Waals surface area contributed by atoms with Gasteiger partial charge in [-0.1, -0.05) is 36.4 Å². The van der Waals surface area contributed by atoms with Crippen molar-refractivity contribution < 1.29 is 13.2 Å². The molecule has 1 amide bonds. The number of imidazole rings is 1. The maximum atomic E-state index is 13.0. The van der Waals surface area contributed by atoms with Gasteiger partial charge in [-0.2, -0.15) is 0 Å². The lowest BCUT2D eigenvalue weighted by atomic mass is 10.2. The van der Waals surface area contributed by atoms with E-state index in [1.807, 2.05) is 48.0 Å². The summed E-state index contributed by atoms with van der Waals surface area (Å²) in [6.45, 7) is 2.63. The van der Waals surface area contributed by atoms with Crippen LogP contribution < -0.4 is 9.62 Å². The molecular formula is C25H24N4O3S. The molecule has 8 heteroatoms. The summed E-state index contributed by atoms with van der Waals surface area (Å²) in [6, 6.07) is 22.3. The van der Waals surface area contributed by atoms with Crippen molar-refractivity contribution in [3.8, 4) is 0 Å². The molecule has 4 rings (SSSR count). The molecule has 0 radical (unpaired) electrons. The number of amides is 1. The Labute approximate surface area is 193 Å². The third-order valence-electron chi connectivity index (χ3n) is 5.36. The van der Waals surface area contributed by atoms with Crippen LogP contribution in [-0.2, 0) is 16.6 Å². The fraction of sp³-hybridized carbons (Fsp3) is 0.120. The molecule has 0 unspecified atom stereocenters. The predicted octanol–water partition coefficient (Wildman–Crippen LogP) is 4.32. The van der Waals surface area contributed by atoms with Gasteiger partial charge in [0.05, 0.1) is 10.6 Å². The second kappa shape index (κ2) is 9.30. The number of sulfonamides is 1. The number of carbonyl (C=O) groups is 1. The number of aromatic nitrogens is 2. The molecule has 3 aromatic carbocycles. The molecule has 0 aliphatic rings. The standard InChI is InChI=1S/C25H24N4O3S/c1-19-26-15-16-29(19)18-20-11-13-22(14-12-20)27-25(30)21-7-6-10-24(17-21)33(31,32)28(2)23-8-4-3-5-9-23/h3-17H,18H2,1-2H3,(H,27,30). The molecule has 4 aromatic rings. The summed E-state index contributed by atoms with van der Waals surface area (Å²) in [4.78, 5) is 17.1. The number of anilines is 2. The first kappa shape index (κ1) is 22.3. The van der Waals surface area contributed by atoms with E-state index in [-0.39, 0.29) is 16.4 Å². The van der Waals surface area contributed by atoms with Crippen LogP contribution in [0.2, 0.25) is 0 Å². The van der Waals surface area contributed by atoms with Crippen LogP contribution in [0.5, 0.6) is 0 Å². The van der Waals surface area contributed by atoms with E-state index in [1.54, 1.807) is 42.6 Å². The van der Waals surface area contributed by atoms with Gasteiger partial charge in [0.2, 0.25) is 0 Å². The molecule has 168 valence electrons. The highest BCUT2D eigenvalue weighted by molar-refractivity contribution is 7.92. The minimum absolute atomic E-state index is 0.0487. The monoisotopic (exact) mass is 460 g/mol. The molecule has 1 aromatic heterocycles. The minimum atomic E-state index is -3.81. The SMILES string of the molecule is Cc1nccn1Cc1ccc(NC(=O)c2cccc(S(=O)(=O)N(C)c3ccccc3)c2)cc1. The van der Waals surface area contributed by atoms with Crippen LogP contribution in [0.15, 0.2) is 96.2 Å². The molecule has 1 N–H and O–H groups in total. The first-order chi connectivity index (χ1) is 15.8. The Kier molecular flexibility index (Phi) is 6.28. The van der Waals surface area contributed by atoms with Gasteiger partial charge in [-0.15, -0.1) is 0 Å².